The van der Waals surface area contributed by atoms with Gasteiger partial charge in [-0.25, -0.2) is 14.1 Å². The summed E-state index contributed by atoms with van der Waals surface area (Å²) < 4.78 is 14.1. The van der Waals surface area contributed by atoms with Crippen molar-refractivity contribution in [3.8, 4) is 5.82 Å². The highest BCUT2D eigenvalue weighted by Gasteiger charge is 2.05. The van der Waals surface area contributed by atoms with E-state index in [4.69, 9.17) is 0 Å². The summed E-state index contributed by atoms with van der Waals surface area (Å²) in [6.07, 6.45) is 4.62. The van der Waals surface area contributed by atoms with Gasteiger partial charge in [-0.15, -0.1) is 0 Å². The van der Waals surface area contributed by atoms with Gasteiger partial charge in [0.2, 0.25) is 6.41 Å². The second kappa shape index (κ2) is 4.73. The first kappa shape index (κ1) is 11.3. The van der Waals surface area contributed by atoms with Crippen molar-refractivity contribution in [2.45, 2.75) is 13.0 Å². The zero-order valence-electron chi connectivity index (χ0n) is 9.17. The van der Waals surface area contributed by atoms with E-state index in [0.717, 1.165) is 11.8 Å². The molecule has 88 valence electrons. The summed E-state index contributed by atoms with van der Waals surface area (Å²) in [5.74, 6) is 0.114. The van der Waals surface area contributed by atoms with E-state index < -0.39 is 5.82 Å². The van der Waals surface area contributed by atoms with Crippen LogP contribution >= 0.6 is 0 Å². The molecule has 0 saturated heterocycles. The molecule has 1 unspecified atom stereocenters. The van der Waals surface area contributed by atoms with Crippen LogP contribution in [0.4, 0.5) is 4.39 Å². The number of carbonyl (C=O) groups is 1. The zero-order valence-corrected chi connectivity index (χ0v) is 9.17. The van der Waals surface area contributed by atoms with Crippen molar-refractivity contribution in [2.75, 3.05) is 0 Å². The fourth-order valence-electron chi connectivity index (χ4n) is 1.41. The van der Waals surface area contributed by atoms with E-state index >= 15 is 0 Å². The first-order valence-corrected chi connectivity index (χ1v) is 5.07. The molecule has 0 fully saturated rings. The van der Waals surface area contributed by atoms with E-state index in [2.05, 4.69) is 15.4 Å². The lowest BCUT2D eigenvalue weighted by molar-refractivity contribution is -0.110. The third kappa shape index (κ3) is 2.47. The van der Waals surface area contributed by atoms with Crippen molar-refractivity contribution in [2.24, 2.45) is 0 Å². The standard InChI is InChI=1S/C11H11FN4O/c1-8(14-7-17)9-2-3-11(13-4-9)16-6-10(12)5-15-16/h2-8H,1H3,(H,14,17). The van der Waals surface area contributed by atoms with E-state index in [-0.39, 0.29) is 6.04 Å². The molecule has 0 aromatic carbocycles. The van der Waals surface area contributed by atoms with Gasteiger partial charge in [-0.1, -0.05) is 6.07 Å². The molecule has 0 aliphatic heterocycles. The van der Waals surface area contributed by atoms with Crippen LogP contribution in [0, 0.1) is 5.82 Å². The molecule has 5 nitrogen and oxygen atoms in total. The smallest absolute Gasteiger partial charge is 0.207 e. The Kier molecular flexibility index (Phi) is 3.13. The Morgan fingerprint density at radius 1 is 1.47 bits per heavy atom. The molecule has 1 atom stereocenters. The van der Waals surface area contributed by atoms with Gasteiger partial charge in [0.05, 0.1) is 18.4 Å². The summed E-state index contributed by atoms with van der Waals surface area (Å²) in [6.45, 7) is 1.85. The van der Waals surface area contributed by atoms with Crippen LogP contribution in [0.15, 0.2) is 30.7 Å². The number of amides is 1. The second-order valence-electron chi connectivity index (χ2n) is 3.56. The Bertz CT molecular complexity index is 508. The summed E-state index contributed by atoms with van der Waals surface area (Å²) in [7, 11) is 0. The van der Waals surface area contributed by atoms with Gasteiger partial charge in [0, 0.05) is 6.20 Å². The van der Waals surface area contributed by atoms with Crippen molar-refractivity contribution in [3.05, 3.63) is 42.1 Å². The third-order valence-electron chi connectivity index (χ3n) is 2.37. The Labute approximate surface area is 97.3 Å². The molecule has 0 aliphatic carbocycles. The minimum absolute atomic E-state index is 0.108. The van der Waals surface area contributed by atoms with Gasteiger partial charge in [-0.2, -0.15) is 5.10 Å². The molecule has 0 radical (unpaired) electrons. The maximum Gasteiger partial charge on any atom is 0.207 e. The number of hydrogen-bond donors (Lipinski definition) is 1. The van der Waals surface area contributed by atoms with Gasteiger partial charge in [-0.05, 0) is 18.6 Å². The van der Waals surface area contributed by atoms with Crippen LogP contribution < -0.4 is 5.32 Å². The molecular weight excluding hydrogens is 223 g/mol. The van der Waals surface area contributed by atoms with E-state index in [1.807, 2.05) is 13.0 Å². The molecular formula is C11H11FN4O. The Hall–Kier alpha value is -2.24. The lowest BCUT2D eigenvalue weighted by Gasteiger charge is -2.10. The lowest BCUT2D eigenvalue weighted by atomic mass is 10.1. The topological polar surface area (TPSA) is 59.8 Å². The monoisotopic (exact) mass is 234 g/mol. The fraction of sp³-hybridized carbons (Fsp3) is 0.182. The van der Waals surface area contributed by atoms with Crippen LogP contribution in [0.2, 0.25) is 0 Å². The third-order valence-corrected chi connectivity index (χ3v) is 2.37. The molecule has 0 bridgehead atoms. The van der Waals surface area contributed by atoms with E-state index in [9.17, 15) is 9.18 Å². The van der Waals surface area contributed by atoms with Gasteiger partial charge in [0.25, 0.3) is 0 Å². The molecule has 6 heteroatoms. The number of nitrogens with zero attached hydrogens (tertiary/aromatic N) is 3. The van der Waals surface area contributed by atoms with Crippen molar-refractivity contribution < 1.29 is 9.18 Å². The Morgan fingerprint density at radius 3 is 2.82 bits per heavy atom. The molecule has 0 spiro atoms. The Morgan fingerprint density at radius 2 is 2.29 bits per heavy atom. The number of pyridine rings is 1. The van der Waals surface area contributed by atoms with Crippen molar-refractivity contribution in [3.63, 3.8) is 0 Å². The van der Waals surface area contributed by atoms with E-state index in [1.165, 1.54) is 10.9 Å². The number of carbonyl (C=O) groups excluding carboxylic acids is 1. The summed E-state index contributed by atoms with van der Waals surface area (Å²) in [5, 5.41) is 6.43. The zero-order chi connectivity index (χ0) is 12.3. The van der Waals surface area contributed by atoms with Crippen molar-refractivity contribution in [1.82, 2.24) is 20.1 Å². The van der Waals surface area contributed by atoms with E-state index in [0.29, 0.717) is 12.2 Å². The summed E-state index contributed by atoms with van der Waals surface area (Å²) >= 11 is 0. The minimum atomic E-state index is -0.410. The summed E-state index contributed by atoms with van der Waals surface area (Å²) in [4.78, 5) is 14.4. The molecule has 0 saturated carbocycles. The van der Waals surface area contributed by atoms with Crippen LogP contribution in [0.1, 0.15) is 18.5 Å². The number of aromatic nitrogens is 3. The highest BCUT2D eigenvalue weighted by molar-refractivity contribution is 5.47. The predicted octanol–water partition coefficient (Wildman–Crippen LogP) is 1.21. The number of nitrogens with one attached hydrogen (secondary N) is 1. The first-order valence-electron chi connectivity index (χ1n) is 5.07. The molecule has 2 heterocycles. The van der Waals surface area contributed by atoms with Crippen molar-refractivity contribution >= 4 is 6.41 Å². The van der Waals surface area contributed by atoms with Crippen LogP contribution in [0.5, 0.6) is 0 Å². The molecule has 17 heavy (non-hydrogen) atoms. The van der Waals surface area contributed by atoms with Gasteiger partial charge < -0.3 is 5.32 Å². The Balaban J connectivity index is 2.21. The minimum Gasteiger partial charge on any atom is -0.352 e. The number of hydrogen-bond acceptors (Lipinski definition) is 3. The number of halogens is 1. The van der Waals surface area contributed by atoms with E-state index in [1.54, 1.807) is 12.3 Å². The quantitative estimate of drug-likeness (QED) is 0.809. The molecule has 1 N–H and O–H groups in total. The average Bonchev–Trinajstić information content (AvgIpc) is 2.76. The average molecular weight is 234 g/mol. The van der Waals surface area contributed by atoms with Gasteiger partial charge in [-0.3, -0.25) is 4.79 Å². The van der Waals surface area contributed by atoms with Crippen LogP contribution in [0.3, 0.4) is 0 Å². The summed E-state index contributed by atoms with van der Waals surface area (Å²) in [6, 6.07) is 3.41. The maximum atomic E-state index is 12.8. The van der Waals surface area contributed by atoms with Crippen LogP contribution in [-0.4, -0.2) is 21.2 Å². The second-order valence-corrected chi connectivity index (χ2v) is 3.56. The van der Waals surface area contributed by atoms with Gasteiger partial charge in [0.1, 0.15) is 0 Å². The lowest BCUT2D eigenvalue weighted by Crippen LogP contribution is -2.16. The maximum absolute atomic E-state index is 12.8. The molecule has 0 aliphatic rings. The predicted molar refractivity (Wildman–Crippen MR) is 58.9 cm³/mol. The molecule has 2 aromatic heterocycles. The highest BCUT2D eigenvalue weighted by Crippen LogP contribution is 2.12. The van der Waals surface area contributed by atoms with Crippen LogP contribution in [-0.2, 0) is 4.79 Å². The van der Waals surface area contributed by atoms with Crippen LogP contribution in [0.25, 0.3) is 5.82 Å². The molecule has 2 rings (SSSR count). The highest BCUT2D eigenvalue weighted by atomic mass is 19.1. The summed E-state index contributed by atoms with van der Waals surface area (Å²) in [5.41, 5.74) is 0.869. The van der Waals surface area contributed by atoms with Gasteiger partial charge in [0.15, 0.2) is 11.6 Å². The first-order chi connectivity index (χ1) is 8.20. The molecule has 1 amide bonds. The van der Waals surface area contributed by atoms with Crippen molar-refractivity contribution in [1.29, 1.82) is 0 Å². The fourth-order valence-corrected chi connectivity index (χ4v) is 1.41. The normalized spacial score (nSPS) is 12.1. The largest absolute Gasteiger partial charge is 0.352 e. The number of rotatable bonds is 4. The SMILES string of the molecule is CC(NC=O)c1ccc(-n2cc(F)cn2)nc1. The molecule has 2 aromatic rings. The van der Waals surface area contributed by atoms with Gasteiger partial charge >= 0.3 is 0 Å².